The van der Waals surface area contributed by atoms with E-state index in [2.05, 4.69) is 9.88 Å². The molecule has 1 saturated carbocycles. The zero-order chi connectivity index (χ0) is 24.4. The lowest BCUT2D eigenvalue weighted by molar-refractivity contribution is 0.0940. The number of carbonyl (C=O) groups is 1. The number of hydrogen-bond acceptors (Lipinski definition) is 5. The number of ether oxygens (including phenoxy) is 2. The molecule has 4 aromatic rings. The fraction of sp³-hybridized carbons (Fsp3) is 0.357. The lowest BCUT2D eigenvalue weighted by Gasteiger charge is -2.25. The van der Waals surface area contributed by atoms with Gasteiger partial charge in [0.1, 0.15) is 12.1 Å². The average molecular weight is 474 g/mol. The van der Waals surface area contributed by atoms with Crippen LogP contribution in [0.4, 0.5) is 0 Å². The minimum atomic E-state index is -0.209. The lowest BCUT2D eigenvalue weighted by atomic mass is 9.95. The molecule has 1 fully saturated rings. The Kier molecular flexibility index (Phi) is 6.49. The van der Waals surface area contributed by atoms with Gasteiger partial charge in [0.2, 0.25) is 0 Å². The van der Waals surface area contributed by atoms with Crippen LogP contribution in [0.1, 0.15) is 67.0 Å². The van der Waals surface area contributed by atoms with Crippen LogP contribution in [0.5, 0.6) is 11.5 Å². The Labute approximate surface area is 205 Å². The van der Waals surface area contributed by atoms with Crippen molar-refractivity contribution in [2.24, 2.45) is 0 Å². The van der Waals surface area contributed by atoms with Crippen LogP contribution in [-0.2, 0) is 0 Å². The van der Waals surface area contributed by atoms with Crippen LogP contribution in [0.3, 0.4) is 0 Å². The van der Waals surface area contributed by atoms with E-state index in [0.29, 0.717) is 23.1 Å². The molecule has 1 N–H and O–H groups in total. The highest BCUT2D eigenvalue weighted by Gasteiger charge is 2.23. The number of carbonyl (C=O) groups excluding carboxylic acids is 1. The lowest BCUT2D eigenvalue weighted by Crippen LogP contribution is -2.26. The monoisotopic (exact) mass is 473 g/mol. The minimum Gasteiger partial charge on any atom is -0.493 e. The molecule has 2 heterocycles. The van der Waals surface area contributed by atoms with Crippen LogP contribution in [0, 0.1) is 0 Å². The molecular formula is C28H31N3O4. The average Bonchev–Trinajstić information content (AvgIpc) is 3.56. The van der Waals surface area contributed by atoms with E-state index >= 15 is 0 Å². The summed E-state index contributed by atoms with van der Waals surface area (Å²) in [7, 11) is 3.21. The Hall–Kier alpha value is -3.74. The third-order valence-electron chi connectivity index (χ3n) is 6.93. The summed E-state index contributed by atoms with van der Waals surface area (Å²) in [5.74, 6) is 2.04. The van der Waals surface area contributed by atoms with Gasteiger partial charge in [0.05, 0.1) is 43.1 Å². The molecule has 5 rings (SSSR count). The Morgan fingerprint density at radius 2 is 1.86 bits per heavy atom. The Balaban J connectivity index is 1.44. The predicted octanol–water partition coefficient (Wildman–Crippen LogP) is 6.31. The summed E-state index contributed by atoms with van der Waals surface area (Å²) < 4.78 is 18.4. The standard InChI is InChI=1S/C28H31N3O4/c1-18(19-10-12-25(33-2)26(16-19)34-3)29-28(32)20-9-11-24-23(15-20)30-27(21-13-14-35-17-21)31(24)22-7-5-4-6-8-22/h9-18,22H,4-8H2,1-3H3,(H,29,32)/t18-/m1/s1. The summed E-state index contributed by atoms with van der Waals surface area (Å²) in [6.07, 6.45) is 9.43. The van der Waals surface area contributed by atoms with Crippen LogP contribution in [0.15, 0.2) is 59.4 Å². The maximum Gasteiger partial charge on any atom is 0.251 e. The molecule has 0 unspecified atom stereocenters. The second kappa shape index (κ2) is 9.86. The van der Waals surface area contributed by atoms with Crippen molar-refractivity contribution in [1.82, 2.24) is 14.9 Å². The molecule has 0 radical (unpaired) electrons. The van der Waals surface area contributed by atoms with Gasteiger partial charge in [-0.25, -0.2) is 4.98 Å². The first-order valence-corrected chi connectivity index (χ1v) is 12.2. The first-order chi connectivity index (χ1) is 17.1. The third-order valence-corrected chi connectivity index (χ3v) is 6.93. The quantitative estimate of drug-likeness (QED) is 0.340. The van der Waals surface area contributed by atoms with Gasteiger partial charge in [-0.15, -0.1) is 0 Å². The van der Waals surface area contributed by atoms with E-state index in [9.17, 15) is 4.79 Å². The van der Waals surface area contributed by atoms with Crippen molar-refractivity contribution in [2.45, 2.75) is 51.1 Å². The molecule has 182 valence electrons. The van der Waals surface area contributed by atoms with Gasteiger partial charge in [0, 0.05) is 11.6 Å². The van der Waals surface area contributed by atoms with Crippen LogP contribution in [0.25, 0.3) is 22.4 Å². The highest BCUT2D eigenvalue weighted by molar-refractivity contribution is 5.98. The van der Waals surface area contributed by atoms with Gasteiger partial charge in [-0.05, 0) is 61.7 Å². The summed E-state index contributed by atoms with van der Waals surface area (Å²) in [4.78, 5) is 18.1. The van der Waals surface area contributed by atoms with Gasteiger partial charge < -0.3 is 23.8 Å². The molecule has 1 atom stereocenters. The van der Waals surface area contributed by atoms with Crippen molar-refractivity contribution in [2.75, 3.05) is 14.2 Å². The number of imidazole rings is 1. The molecule has 0 bridgehead atoms. The molecule has 0 saturated heterocycles. The van der Waals surface area contributed by atoms with Crippen molar-refractivity contribution in [3.63, 3.8) is 0 Å². The van der Waals surface area contributed by atoms with E-state index in [0.717, 1.165) is 40.8 Å². The SMILES string of the molecule is COc1ccc([C@@H](C)NC(=O)c2ccc3c(c2)nc(-c2ccoc2)n3C2CCCCC2)cc1OC. The minimum absolute atomic E-state index is 0.147. The van der Waals surface area contributed by atoms with E-state index in [-0.39, 0.29) is 11.9 Å². The van der Waals surface area contributed by atoms with Crippen LogP contribution < -0.4 is 14.8 Å². The van der Waals surface area contributed by atoms with Gasteiger partial charge in [-0.1, -0.05) is 25.3 Å². The number of furan rings is 1. The zero-order valence-electron chi connectivity index (χ0n) is 20.4. The summed E-state index contributed by atoms with van der Waals surface area (Å²) in [6.45, 7) is 1.95. The second-order valence-electron chi connectivity index (χ2n) is 9.12. The third kappa shape index (κ3) is 4.50. The largest absolute Gasteiger partial charge is 0.493 e. The van der Waals surface area contributed by atoms with Gasteiger partial charge in [0.25, 0.3) is 5.91 Å². The number of benzene rings is 2. The molecule has 0 aliphatic heterocycles. The topological polar surface area (TPSA) is 78.5 Å². The number of amides is 1. The summed E-state index contributed by atoms with van der Waals surface area (Å²) in [6, 6.07) is 13.6. The second-order valence-corrected chi connectivity index (χ2v) is 9.12. The van der Waals surface area contributed by atoms with Crippen molar-refractivity contribution in [3.05, 3.63) is 66.1 Å². The summed E-state index contributed by atoms with van der Waals surface area (Å²) in [5.41, 5.74) is 4.34. The van der Waals surface area contributed by atoms with Gasteiger partial charge in [-0.3, -0.25) is 4.79 Å². The number of aromatic nitrogens is 2. The fourth-order valence-corrected chi connectivity index (χ4v) is 5.03. The smallest absolute Gasteiger partial charge is 0.251 e. The van der Waals surface area contributed by atoms with E-state index in [4.69, 9.17) is 18.9 Å². The van der Waals surface area contributed by atoms with Gasteiger partial charge in [-0.2, -0.15) is 0 Å². The number of hydrogen-bond donors (Lipinski definition) is 1. The Morgan fingerprint density at radius 1 is 1.06 bits per heavy atom. The molecule has 2 aromatic heterocycles. The maximum absolute atomic E-state index is 13.2. The highest BCUT2D eigenvalue weighted by atomic mass is 16.5. The van der Waals surface area contributed by atoms with Crippen molar-refractivity contribution in [1.29, 1.82) is 0 Å². The van der Waals surface area contributed by atoms with E-state index in [1.807, 2.05) is 49.4 Å². The summed E-state index contributed by atoms with van der Waals surface area (Å²) >= 11 is 0. The molecule has 1 amide bonds. The number of fused-ring (bicyclic) bond motifs is 1. The van der Waals surface area contributed by atoms with Crippen molar-refractivity contribution in [3.8, 4) is 22.9 Å². The van der Waals surface area contributed by atoms with Crippen molar-refractivity contribution >= 4 is 16.9 Å². The van der Waals surface area contributed by atoms with Gasteiger partial charge >= 0.3 is 0 Å². The normalized spacial score (nSPS) is 15.2. The zero-order valence-corrected chi connectivity index (χ0v) is 20.4. The van der Waals surface area contributed by atoms with Crippen LogP contribution in [0.2, 0.25) is 0 Å². The van der Waals surface area contributed by atoms with Gasteiger partial charge in [0.15, 0.2) is 11.5 Å². The number of rotatable bonds is 7. The van der Waals surface area contributed by atoms with E-state index in [1.165, 1.54) is 19.3 Å². The number of methoxy groups -OCH3 is 2. The molecular weight excluding hydrogens is 442 g/mol. The number of nitrogens with one attached hydrogen (secondary N) is 1. The van der Waals surface area contributed by atoms with Crippen LogP contribution >= 0.6 is 0 Å². The molecule has 7 nitrogen and oxygen atoms in total. The first kappa shape index (κ1) is 23.0. The molecule has 35 heavy (non-hydrogen) atoms. The predicted molar refractivity (Wildman–Crippen MR) is 135 cm³/mol. The van der Waals surface area contributed by atoms with E-state index < -0.39 is 0 Å². The maximum atomic E-state index is 13.2. The number of nitrogens with zero attached hydrogens (tertiary/aromatic N) is 2. The summed E-state index contributed by atoms with van der Waals surface area (Å²) in [5, 5.41) is 3.09. The first-order valence-electron chi connectivity index (χ1n) is 12.2. The molecule has 1 aliphatic rings. The molecule has 2 aromatic carbocycles. The Morgan fingerprint density at radius 3 is 2.57 bits per heavy atom. The van der Waals surface area contributed by atoms with E-state index in [1.54, 1.807) is 26.7 Å². The van der Waals surface area contributed by atoms with Crippen molar-refractivity contribution < 1.29 is 18.7 Å². The Bertz CT molecular complexity index is 1320. The molecule has 7 heteroatoms. The highest BCUT2D eigenvalue weighted by Crippen LogP contribution is 2.36. The molecule has 0 spiro atoms. The molecule has 1 aliphatic carbocycles. The van der Waals surface area contributed by atoms with Crippen LogP contribution in [-0.4, -0.2) is 29.7 Å². The fourth-order valence-electron chi connectivity index (χ4n) is 5.03.